The van der Waals surface area contributed by atoms with Crippen LogP contribution in [0.5, 0.6) is 0 Å². The van der Waals surface area contributed by atoms with Gasteiger partial charge < -0.3 is 14.6 Å². The van der Waals surface area contributed by atoms with Crippen molar-refractivity contribution >= 4 is 11.9 Å². The third kappa shape index (κ3) is 28.6. The van der Waals surface area contributed by atoms with E-state index >= 15 is 0 Å². The smallest absolute Gasteiger partial charge is 0.330 e. The molecule has 0 radical (unpaired) electrons. The Bertz CT molecular complexity index is 429. The van der Waals surface area contributed by atoms with Crippen molar-refractivity contribution in [1.29, 1.82) is 0 Å². The minimum absolute atomic E-state index is 0.0326. The maximum atomic E-state index is 10.8. The van der Waals surface area contributed by atoms with E-state index in [9.17, 15) is 9.59 Å². The Morgan fingerprint density at radius 1 is 0.733 bits per heavy atom. The van der Waals surface area contributed by atoms with Crippen LogP contribution >= 0.6 is 0 Å². The fourth-order valence-electron chi connectivity index (χ4n) is 2.74. The summed E-state index contributed by atoms with van der Waals surface area (Å²) in [6, 6.07) is 0. The van der Waals surface area contributed by atoms with Gasteiger partial charge in [0.1, 0.15) is 6.61 Å². The summed E-state index contributed by atoms with van der Waals surface area (Å²) in [5, 5.41) is 8.59. The first kappa shape index (κ1) is 30.6. The van der Waals surface area contributed by atoms with Gasteiger partial charge in [0.25, 0.3) is 0 Å². The Kier molecular flexibility index (Phi) is 24.1. The molecule has 0 rings (SSSR count). The van der Waals surface area contributed by atoms with Gasteiger partial charge >= 0.3 is 11.9 Å². The molecule has 1 unspecified atom stereocenters. The summed E-state index contributed by atoms with van der Waals surface area (Å²) in [4.78, 5) is 21.1. The number of carbonyl (C=O) groups is 2. The fourth-order valence-corrected chi connectivity index (χ4v) is 2.74. The molecule has 0 heterocycles. The summed E-state index contributed by atoms with van der Waals surface area (Å²) in [5.41, 5.74) is 0. The van der Waals surface area contributed by atoms with E-state index in [1.165, 1.54) is 83.6 Å². The van der Waals surface area contributed by atoms with E-state index in [1.807, 2.05) is 0 Å². The Balaban J connectivity index is 0. The molecule has 1 atom stereocenters. The maximum absolute atomic E-state index is 10.8. The highest BCUT2D eigenvalue weighted by Crippen LogP contribution is 2.13. The summed E-state index contributed by atoms with van der Waals surface area (Å²) >= 11 is 0. The van der Waals surface area contributed by atoms with Gasteiger partial charge in [-0.15, -0.1) is 0 Å². The number of hydrogen-bond acceptors (Lipinski definition) is 5. The highest BCUT2D eigenvalue weighted by Gasteiger charge is 1.98. The Morgan fingerprint density at radius 2 is 1.13 bits per heavy atom. The molecule has 0 amide bonds. The van der Waals surface area contributed by atoms with Crippen LogP contribution in [0.3, 0.4) is 0 Å². The lowest BCUT2D eigenvalue weighted by molar-refractivity contribution is -0.140. The van der Waals surface area contributed by atoms with Gasteiger partial charge in [0.2, 0.25) is 0 Å². The van der Waals surface area contributed by atoms with E-state index in [0.717, 1.165) is 18.4 Å². The number of aliphatic hydroxyl groups excluding tert-OH is 1. The van der Waals surface area contributed by atoms with E-state index in [-0.39, 0.29) is 12.6 Å². The van der Waals surface area contributed by atoms with Crippen LogP contribution in [0, 0.1) is 5.92 Å². The van der Waals surface area contributed by atoms with Crippen molar-refractivity contribution in [2.45, 2.75) is 104 Å². The number of esters is 2. The first-order chi connectivity index (χ1) is 14.3. The summed E-state index contributed by atoms with van der Waals surface area (Å²) in [6.45, 7) is 13.3. The van der Waals surface area contributed by atoms with Gasteiger partial charge in [-0.05, 0) is 19.3 Å². The van der Waals surface area contributed by atoms with Gasteiger partial charge in [0, 0.05) is 12.2 Å². The van der Waals surface area contributed by atoms with Crippen molar-refractivity contribution in [2.75, 3.05) is 13.2 Å². The Labute approximate surface area is 184 Å². The molecule has 5 nitrogen and oxygen atoms in total. The third-order valence-corrected chi connectivity index (χ3v) is 4.47. The average Bonchev–Trinajstić information content (AvgIpc) is 2.72. The number of aliphatic hydroxyl groups is 1. The summed E-state index contributed by atoms with van der Waals surface area (Å²) < 4.78 is 9.39. The Hall–Kier alpha value is -1.62. The van der Waals surface area contributed by atoms with Crippen LogP contribution in [-0.2, 0) is 19.1 Å². The van der Waals surface area contributed by atoms with Gasteiger partial charge in [-0.1, -0.05) is 97.6 Å². The average molecular weight is 427 g/mol. The first-order valence-corrected chi connectivity index (χ1v) is 11.6. The largest absolute Gasteiger partial charge is 0.463 e. The van der Waals surface area contributed by atoms with E-state index in [1.54, 1.807) is 0 Å². The monoisotopic (exact) mass is 426 g/mol. The molecular weight excluding hydrogens is 380 g/mol. The molecule has 176 valence electrons. The van der Waals surface area contributed by atoms with Gasteiger partial charge in [0.05, 0.1) is 12.7 Å². The van der Waals surface area contributed by atoms with Crippen molar-refractivity contribution < 1.29 is 24.2 Å². The zero-order chi connectivity index (χ0) is 23.0. The zero-order valence-electron chi connectivity index (χ0n) is 19.7. The van der Waals surface area contributed by atoms with Crippen LogP contribution in [0.15, 0.2) is 25.3 Å². The van der Waals surface area contributed by atoms with Crippen LogP contribution in [0.2, 0.25) is 0 Å². The second kappa shape index (κ2) is 23.7. The first-order valence-electron chi connectivity index (χ1n) is 11.6. The number of hydrogen-bond donors (Lipinski definition) is 1. The summed E-state index contributed by atoms with van der Waals surface area (Å²) in [5.74, 6) is 0.0598. The van der Waals surface area contributed by atoms with Crippen molar-refractivity contribution in [3.8, 4) is 0 Å². The van der Waals surface area contributed by atoms with Crippen LogP contribution in [0.1, 0.15) is 97.8 Å². The molecule has 0 aromatic carbocycles. The van der Waals surface area contributed by atoms with E-state index in [2.05, 4.69) is 31.7 Å². The lowest BCUT2D eigenvalue weighted by atomic mass is 10.0. The third-order valence-electron chi connectivity index (χ3n) is 4.47. The highest BCUT2D eigenvalue weighted by molar-refractivity contribution is 5.81. The number of ether oxygens (including phenoxy) is 2. The van der Waals surface area contributed by atoms with Crippen LogP contribution in [0.4, 0.5) is 0 Å². The quantitative estimate of drug-likeness (QED) is 0.162. The minimum Gasteiger partial charge on any atom is -0.463 e. The predicted octanol–water partition coefficient (Wildman–Crippen LogP) is 6.15. The number of rotatable bonds is 18. The van der Waals surface area contributed by atoms with Crippen LogP contribution in [0.25, 0.3) is 0 Å². The molecule has 0 aromatic heterocycles. The summed E-state index contributed by atoms with van der Waals surface area (Å²) in [7, 11) is 0. The van der Waals surface area contributed by atoms with Gasteiger partial charge in [-0.25, -0.2) is 9.59 Å². The maximum Gasteiger partial charge on any atom is 0.330 e. The molecule has 0 saturated heterocycles. The predicted molar refractivity (Wildman–Crippen MR) is 124 cm³/mol. The lowest BCUT2D eigenvalue weighted by Crippen LogP contribution is -2.13. The number of unbranched alkanes of at least 4 members (excludes halogenated alkanes) is 10. The van der Waals surface area contributed by atoms with Crippen LogP contribution < -0.4 is 0 Å². The standard InChI is InChI=1S/C19H36O2.C6H10O3/c1-4-19(20)21-17-15-13-11-9-7-5-6-8-10-12-14-16-18(2)3;1-3-6(8)9-4-5(2)7/h4,18H,1,5-17H2,2-3H3;3,5,7H,1,4H2,2H3. The molecule has 0 aliphatic carbocycles. The van der Waals surface area contributed by atoms with Gasteiger partial charge in [0.15, 0.2) is 0 Å². The molecule has 0 fully saturated rings. The van der Waals surface area contributed by atoms with Crippen molar-refractivity contribution in [3.05, 3.63) is 25.3 Å². The zero-order valence-corrected chi connectivity index (χ0v) is 19.7. The highest BCUT2D eigenvalue weighted by atomic mass is 16.5. The van der Waals surface area contributed by atoms with Crippen molar-refractivity contribution in [2.24, 2.45) is 5.92 Å². The van der Waals surface area contributed by atoms with E-state index < -0.39 is 12.1 Å². The fraction of sp³-hybridized carbons (Fsp3) is 0.760. The Morgan fingerprint density at radius 3 is 1.53 bits per heavy atom. The lowest BCUT2D eigenvalue weighted by Gasteiger charge is -2.05. The molecule has 0 aromatic rings. The molecule has 0 bridgehead atoms. The second-order valence-corrected chi connectivity index (χ2v) is 8.13. The SMILES string of the molecule is C=CC(=O)OCC(C)O.C=CC(=O)OCCCCCCCCCCCCCC(C)C. The molecule has 0 aliphatic rings. The van der Waals surface area contributed by atoms with Crippen molar-refractivity contribution in [3.63, 3.8) is 0 Å². The van der Waals surface area contributed by atoms with E-state index in [0.29, 0.717) is 6.61 Å². The molecule has 0 saturated carbocycles. The molecular formula is C25H46O5. The van der Waals surface area contributed by atoms with Crippen LogP contribution in [-0.4, -0.2) is 36.4 Å². The van der Waals surface area contributed by atoms with Gasteiger partial charge in [-0.3, -0.25) is 0 Å². The normalized spacial score (nSPS) is 11.2. The van der Waals surface area contributed by atoms with Crippen molar-refractivity contribution in [1.82, 2.24) is 0 Å². The molecule has 0 spiro atoms. The molecule has 30 heavy (non-hydrogen) atoms. The molecule has 5 heteroatoms. The minimum atomic E-state index is -0.603. The molecule has 0 aliphatic heterocycles. The topological polar surface area (TPSA) is 72.8 Å². The molecule has 1 N–H and O–H groups in total. The van der Waals surface area contributed by atoms with E-state index in [4.69, 9.17) is 9.84 Å². The summed E-state index contributed by atoms with van der Waals surface area (Å²) in [6.07, 6.45) is 17.6. The van der Waals surface area contributed by atoms with Gasteiger partial charge in [-0.2, -0.15) is 0 Å². The number of carbonyl (C=O) groups excluding carboxylic acids is 2. The second-order valence-electron chi connectivity index (χ2n) is 8.13.